The van der Waals surface area contributed by atoms with Crippen LogP contribution in [0.5, 0.6) is 0 Å². The van der Waals surface area contributed by atoms with Crippen LogP contribution in [0.15, 0.2) is 29.6 Å². The third-order valence-electron chi connectivity index (χ3n) is 3.90. The van der Waals surface area contributed by atoms with Gasteiger partial charge in [-0.2, -0.15) is 0 Å². The van der Waals surface area contributed by atoms with E-state index in [0.717, 1.165) is 18.9 Å². The minimum Gasteiger partial charge on any atom is -0.314 e. The van der Waals surface area contributed by atoms with E-state index in [1.807, 2.05) is 11.3 Å². The Morgan fingerprint density at radius 1 is 1.21 bits per heavy atom. The van der Waals surface area contributed by atoms with E-state index < -0.39 is 0 Å². The van der Waals surface area contributed by atoms with Crippen LogP contribution in [0.2, 0.25) is 0 Å². The quantitative estimate of drug-likeness (QED) is 0.761. The maximum Gasteiger partial charge on any atom is 0.0345 e. The van der Waals surface area contributed by atoms with Crippen LogP contribution in [0.3, 0.4) is 0 Å². The fourth-order valence-corrected chi connectivity index (χ4v) is 3.80. The molecule has 0 saturated heterocycles. The largest absolute Gasteiger partial charge is 0.314 e. The second kappa shape index (κ2) is 7.06. The lowest BCUT2D eigenvalue weighted by Gasteiger charge is -2.24. The van der Waals surface area contributed by atoms with Crippen LogP contribution >= 0.6 is 11.3 Å². The summed E-state index contributed by atoms with van der Waals surface area (Å²) in [6, 6.07) is 9.36. The summed E-state index contributed by atoms with van der Waals surface area (Å²) >= 11 is 1.87. The second-order valence-electron chi connectivity index (χ2n) is 5.39. The van der Waals surface area contributed by atoms with Gasteiger partial charge in [0.15, 0.2) is 0 Å². The minimum absolute atomic E-state index is 0.600. The first-order chi connectivity index (χ1) is 9.26. The zero-order valence-electron chi connectivity index (χ0n) is 12.3. The van der Waals surface area contributed by atoms with Crippen molar-refractivity contribution in [2.75, 3.05) is 6.54 Å². The average molecular weight is 275 g/mol. The third-order valence-corrected chi connectivity index (χ3v) is 4.91. The first kappa shape index (κ1) is 14.5. The Hall–Kier alpha value is -0.860. The summed E-state index contributed by atoms with van der Waals surface area (Å²) in [6.07, 6.45) is 3.73. The van der Waals surface area contributed by atoms with Crippen molar-refractivity contribution in [3.8, 4) is 0 Å². The number of hydrogen-bond donors (Lipinski definition) is 1. The molecule has 2 rings (SSSR count). The highest BCUT2D eigenvalue weighted by molar-refractivity contribution is 7.17. The highest BCUT2D eigenvalue weighted by Crippen LogP contribution is 2.28. The Kier molecular flexibility index (Phi) is 5.41. The van der Waals surface area contributed by atoms with Gasteiger partial charge in [0, 0.05) is 10.7 Å². The summed E-state index contributed by atoms with van der Waals surface area (Å²) in [6.45, 7) is 7.92. The monoisotopic (exact) mass is 275 g/mol. The molecule has 1 N–H and O–H groups in total. The molecule has 1 aromatic heterocycles. The molecule has 1 aromatic carbocycles. The van der Waals surface area contributed by atoms with E-state index in [2.05, 4.69) is 55.7 Å². The van der Waals surface area contributed by atoms with Crippen LogP contribution in [0.1, 0.15) is 39.2 Å². The average Bonchev–Trinajstić information content (AvgIpc) is 2.82. The molecule has 19 heavy (non-hydrogen) atoms. The van der Waals surface area contributed by atoms with E-state index in [9.17, 15) is 0 Å². The molecule has 2 heteroatoms. The fraction of sp³-hybridized carbons (Fsp3) is 0.529. The molecule has 1 nitrogen and oxygen atoms in total. The van der Waals surface area contributed by atoms with Crippen molar-refractivity contribution < 1.29 is 0 Å². The van der Waals surface area contributed by atoms with Crippen molar-refractivity contribution in [3.63, 3.8) is 0 Å². The first-order valence-electron chi connectivity index (χ1n) is 7.44. The maximum atomic E-state index is 3.67. The van der Waals surface area contributed by atoms with E-state index in [1.165, 1.54) is 28.5 Å². The van der Waals surface area contributed by atoms with Gasteiger partial charge in [-0.25, -0.2) is 0 Å². The lowest BCUT2D eigenvalue weighted by Crippen LogP contribution is -2.36. The van der Waals surface area contributed by atoms with Crippen LogP contribution in [0.4, 0.5) is 0 Å². The molecule has 0 spiro atoms. The normalized spacial score (nSPS) is 14.7. The molecule has 0 aliphatic heterocycles. The van der Waals surface area contributed by atoms with Gasteiger partial charge in [0.1, 0.15) is 0 Å². The Balaban J connectivity index is 2.16. The van der Waals surface area contributed by atoms with Crippen molar-refractivity contribution >= 4 is 21.4 Å². The highest BCUT2D eigenvalue weighted by Gasteiger charge is 2.17. The van der Waals surface area contributed by atoms with Gasteiger partial charge in [-0.1, -0.05) is 45.4 Å². The molecule has 0 radical (unpaired) electrons. The van der Waals surface area contributed by atoms with Crippen molar-refractivity contribution in [2.24, 2.45) is 5.92 Å². The number of rotatable bonds is 7. The highest BCUT2D eigenvalue weighted by atomic mass is 32.1. The molecule has 104 valence electrons. The van der Waals surface area contributed by atoms with Crippen molar-refractivity contribution in [3.05, 3.63) is 35.2 Å². The van der Waals surface area contributed by atoms with Crippen LogP contribution in [0.25, 0.3) is 10.1 Å². The van der Waals surface area contributed by atoms with Gasteiger partial charge in [0.2, 0.25) is 0 Å². The van der Waals surface area contributed by atoms with Gasteiger partial charge >= 0.3 is 0 Å². The predicted octanol–water partition coefficient (Wildman–Crippen LogP) is 4.86. The number of nitrogens with one attached hydrogen (secondary N) is 1. The van der Waals surface area contributed by atoms with E-state index in [1.54, 1.807) is 0 Å². The lowest BCUT2D eigenvalue weighted by atomic mass is 9.91. The van der Waals surface area contributed by atoms with E-state index in [4.69, 9.17) is 0 Å². The van der Waals surface area contributed by atoms with Crippen molar-refractivity contribution in [1.29, 1.82) is 0 Å². The molecule has 0 amide bonds. The smallest absolute Gasteiger partial charge is 0.0345 e. The molecule has 2 aromatic rings. The van der Waals surface area contributed by atoms with Gasteiger partial charge in [0.25, 0.3) is 0 Å². The molecule has 0 fully saturated rings. The Bertz CT molecular complexity index is 503. The Morgan fingerprint density at radius 2 is 2.00 bits per heavy atom. The summed E-state index contributed by atoms with van der Waals surface area (Å²) in [7, 11) is 0. The van der Waals surface area contributed by atoms with E-state index in [-0.39, 0.29) is 0 Å². The van der Waals surface area contributed by atoms with Crippen LogP contribution < -0.4 is 5.32 Å². The van der Waals surface area contributed by atoms with Crippen LogP contribution in [0, 0.1) is 5.92 Å². The Labute approximate surface area is 121 Å². The summed E-state index contributed by atoms with van der Waals surface area (Å²) in [4.78, 5) is 0. The van der Waals surface area contributed by atoms with E-state index in [0.29, 0.717) is 6.04 Å². The maximum absolute atomic E-state index is 3.67. The number of hydrogen-bond acceptors (Lipinski definition) is 2. The van der Waals surface area contributed by atoms with E-state index >= 15 is 0 Å². The standard InChI is InChI=1S/C17H25NS/c1-4-8-13(3)16(18-5-2)11-14-12-19-17-10-7-6-9-15(14)17/h6-7,9-10,12-13,16,18H,4-5,8,11H2,1-3H3. The van der Waals surface area contributed by atoms with Gasteiger partial charge in [0.05, 0.1) is 0 Å². The summed E-state index contributed by atoms with van der Waals surface area (Å²) < 4.78 is 1.41. The topological polar surface area (TPSA) is 12.0 Å². The van der Waals surface area contributed by atoms with Gasteiger partial charge in [-0.3, -0.25) is 0 Å². The van der Waals surface area contributed by atoms with Gasteiger partial charge in [-0.05, 0) is 47.7 Å². The number of benzene rings is 1. The summed E-state index contributed by atoms with van der Waals surface area (Å²) in [5, 5.41) is 7.46. The minimum atomic E-state index is 0.600. The molecule has 2 unspecified atom stereocenters. The molecule has 2 atom stereocenters. The zero-order valence-corrected chi connectivity index (χ0v) is 13.1. The van der Waals surface area contributed by atoms with Gasteiger partial charge in [-0.15, -0.1) is 11.3 Å². The number of likely N-dealkylation sites (N-methyl/N-ethyl adjacent to an activating group) is 1. The van der Waals surface area contributed by atoms with Crippen LogP contribution in [-0.4, -0.2) is 12.6 Å². The van der Waals surface area contributed by atoms with Crippen molar-refractivity contribution in [2.45, 2.75) is 46.1 Å². The molecule has 0 saturated carbocycles. The molecule has 0 aliphatic carbocycles. The third kappa shape index (κ3) is 3.58. The SMILES string of the molecule is CCCC(C)C(Cc1csc2ccccc12)NCC. The zero-order chi connectivity index (χ0) is 13.7. The molecule has 0 bridgehead atoms. The molecule has 1 heterocycles. The van der Waals surface area contributed by atoms with Gasteiger partial charge < -0.3 is 5.32 Å². The molecular weight excluding hydrogens is 250 g/mol. The van der Waals surface area contributed by atoms with Crippen molar-refractivity contribution in [1.82, 2.24) is 5.32 Å². The number of fused-ring (bicyclic) bond motifs is 1. The molecule has 0 aliphatic rings. The predicted molar refractivity (Wildman–Crippen MR) is 87.1 cm³/mol. The van der Waals surface area contributed by atoms with Crippen LogP contribution in [-0.2, 0) is 6.42 Å². The number of thiophene rings is 1. The Morgan fingerprint density at radius 3 is 2.74 bits per heavy atom. The first-order valence-corrected chi connectivity index (χ1v) is 8.32. The summed E-state index contributed by atoms with van der Waals surface area (Å²) in [5.74, 6) is 0.739. The second-order valence-corrected chi connectivity index (χ2v) is 6.30. The molecular formula is C17H25NS. The fourth-order valence-electron chi connectivity index (χ4n) is 2.82. The lowest BCUT2D eigenvalue weighted by molar-refractivity contribution is 0.358. The summed E-state index contributed by atoms with van der Waals surface area (Å²) in [5.41, 5.74) is 1.51.